The van der Waals surface area contributed by atoms with Gasteiger partial charge in [-0.25, -0.2) is 0 Å². The zero-order valence-corrected chi connectivity index (χ0v) is 15.6. The van der Waals surface area contributed by atoms with Crippen LogP contribution >= 0.6 is 11.8 Å². The number of rotatable bonds is 7. The second-order valence-corrected chi connectivity index (χ2v) is 7.58. The Morgan fingerprint density at radius 2 is 1.92 bits per heavy atom. The molecule has 1 aromatic carbocycles. The Kier molecular flexibility index (Phi) is 6.50. The van der Waals surface area contributed by atoms with Crippen molar-refractivity contribution in [3.63, 3.8) is 0 Å². The molecule has 1 aliphatic rings. The molecule has 1 N–H and O–H groups in total. The predicted octanol–water partition coefficient (Wildman–Crippen LogP) is 3.14. The first-order chi connectivity index (χ1) is 12.2. The average Bonchev–Trinajstić information content (AvgIpc) is 3.00. The highest BCUT2D eigenvalue weighted by Crippen LogP contribution is 2.19. The molecule has 2 aromatic rings. The zero-order valence-electron chi connectivity index (χ0n) is 14.8. The first-order valence-corrected chi connectivity index (χ1v) is 10.1. The van der Waals surface area contributed by atoms with E-state index in [2.05, 4.69) is 39.8 Å². The van der Waals surface area contributed by atoms with Crippen LogP contribution in [-0.2, 0) is 24.7 Å². The smallest absolute Gasteiger partial charge is 0.230 e. The van der Waals surface area contributed by atoms with Crippen LogP contribution in [0.1, 0.15) is 43.5 Å². The van der Waals surface area contributed by atoms with Gasteiger partial charge in [0, 0.05) is 19.5 Å². The Labute approximate surface area is 153 Å². The molecule has 1 aromatic heterocycles. The Balaban J connectivity index is 1.46. The van der Waals surface area contributed by atoms with Gasteiger partial charge < -0.3 is 9.88 Å². The van der Waals surface area contributed by atoms with E-state index in [0.29, 0.717) is 11.8 Å². The van der Waals surface area contributed by atoms with Gasteiger partial charge in [-0.1, -0.05) is 61.4 Å². The van der Waals surface area contributed by atoms with Gasteiger partial charge in [-0.05, 0) is 24.8 Å². The van der Waals surface area contributed by atoms with Gasteiger partial charge in [0.25, 0.3) is 0 Å². The molecule has 0 saturated heterocycles. The van der Waals surface area contributed by atoms with Crippen LogP contribution < -0.4 is 5.32 Å². The van der Waals surface area contributed by atoms with Crippen molar-refractivity contribution in [2.45, 2.75) is 56.1 Å². The second kappa shape index (κ2) is 9.04. The van der Waals surface area contributed by atoms with Gasteiger partial charge in [-0.15, -0.1) is 10.2 Å². The van der Waals surface area contributed by atoms with Crippen LogP contribution in [0.5, 0.6) is 0 Å². The number of thioether (sulfide) groups is 1. The fourth-order valence-corrected chi connectivity index (χ4v) is 3.98. The monoisotopic (exact) mass is 358 g/mol. The fraction of sp³-hybridized carbons (Fsp3) is 0.526. The van der Waals surface area contributed by atoms with Crippen LogP contribution in [-0.4, -0.2) is 32.5 Å². The molecule has 1 heterocycles. The molecule has 0 atom stereocenters. The quantitative estimate of drug-likeness (QED) is 0.773. The van der Waals surface area contributed by atoms with Gasteiger partial charge in [-0.2, -0.15) is 0 Å². The first kappa shape index (κ1) is 18.0. The molecular formula is C19H26N4OS. The largest absolute Gasteiger partial charge is 0.353 e. The summed E-state index contributed by atoms with van der Waals surface area (Å²) in [5.74, 6) is 1.46. The Bertz CT molecular complexity index is 680. The molecule has 0 spiro atoms. The van der Waals surface area contributed by atoms with Crippen molar-refractivity contribution in [2.24, 2.45) is 7.05 Å². The maximum absolute atomic E-state index is 12.1. The summed E-state index contributed by atoms with van der Waals surface area (Å²) in [6, 6.07) is 10.8. The highest BCUT2D eigenvalue weighted by Gasteiger charge is 2.17. The Morgan fingerprint density at radius 3 is 2.68 bits per heavy atom. The lowest BCUT2D eigenvalue weighted by Crippen LogP contribution is -2.37. The van der Waals surface area contributed by atoms with Gasteiger partial charge in [0.2, 0.25) is 5.91 Å². The molecule has 1 aliphatic carbocycles. The molecule has 1 amide bonds. The summed E-state index contributed by atoms with van der Waals surface area (Å²) < 4.78 is 2.00. The molecule has 0 radical (unpaired) electrons. The van der Waals surface area contributed by atoms with Gasteiger partial charge in [0.15, 0.2) is 5.16 Å². The lowest BCUT2D eigenvalue weighted by atomic mass is 9.95. The summed E-state index contributed by atoms with van der Waals surface area (Å²) in [6.45, 7) is 0. The highest BCUT2D eigenvalue weighted by molar-refractivity contribution is 7.99. The SMILES string of the molecule is Cn1c(CCc2ccccc2)nnc1SCC(=O)NC1CCCCC1. The number of amides is 1. The molecule has 0 aliphatic heterocycles. The third-order valence-corrected chi connectivity index (χ3v) is 5.73. The van der Waals surface area contributed by atoms with Crippen LogP contribution in [0.2, 0.25) is 0 Å². The van der Waals surface area contributed by atoms with E-state index in [-0.39, 0.29) is 5.91 Å². The van der Waals surface area contributed by atoms with Crippen molar-refractivity contribution in [1.29, 1.82) is 0 Å². The van der Waals surface area contributed by atoms with Crippen LogP contribution in [0.3, 0.4) is 0 Å². The van der Waals surface area contributed by atoms with Crippen molar-refractivity contribution < 1.29 is 4.79 Å². The number of benzene rings is 1. The number of hydrogen-bond acceptors (Lipinski definition) is 4. The maximum atomic E-state index is 12.1. The molecule has 25 heavy (non-hydrogen) atoms. The summed E-state index contributed by atoms with van der Waals surface area (Å²) in [5, 5.41) is 12.5. The molecule has 134 valence electrons. The molecule has 5 nitrogen and oxygen atoms in total. The maximum Gasteiger partial charge on any atom is 0.230 e. The lowest BCUT2D eigenvalue weighted by molar-refractivity contribution is -0.119. The number of aromatic nitrogens is 3. The molecule has 3 rings (SSSR count). The van der Waals surface area contributed by atoms with Crippen LogP contribution in [0.15, 0.2) is 35.5 Å². The molecular weight excluding hydrogens is 332 g/mol. The first-order valence-electron chi connectivity index (χ1n) is 9.07. The van der Waals surface area contributed by atoms with E-state index in [9.17, 15) is 4.79 Å². The van der Waals surface area contributed by atoms with Gasteiger partial charge in [0.1, 0.15) is 5.82 Å². The van der Waals surface area contributed by atoms with Crippen molar-refractivity contribution in [2.75, 3.05) is 5.75 Å². The van der Waals surface area contributed by atoms with E-state index in [0.717, 1.165) is 36.7 Å². The van der Waals surface area contributed by atoms with E-state index in [1.807, 2.05) is 17.7 Å². The van der Waals surface area contributed by atoms with Crippen LogP contribution in [0, 0.1) is 0 Å². The third-order valence-electron chi connectivity index (χ3n) is 4.71. The number of nitrogens with zero attached hydrogens (tertiary/aromatic N) is 3. The van der Waals surface area contributed by atoms with E-state index in [1.165, 1.54) is 36.6 Å². The molecule has 6 heteroatoms. The topological polar surface area (TPSA) is 59.8 Å². The number of carbonyl (C=O) groups is 1. The summed E-state index contributed by atoms with van der Waals surface area (Å²) in [6.07, 6.45) is 7.78. The van der Waals surface area contributed by atoms with Crippen molar-refractivity contribution in [3.8, 4) is 0 Å². The Hall–Kier alpha value is -1.82. The molecule has 0 unspecified atom stereocenters. The highest BCUT2D eigenvalue weighted by atomic mass is 32.2. The lowest BCUT2D eigenvalue weighted by Gasteiger charge is -2.22. The number of aryl methyl sites for hydroxylation is 2. The number of carbonyl (C=O) groups excluding carboxylic acids is 1. The standard InChI is InChI=1S/C19H26N4OS/c1-23-17(13-12-15-8-4-2-5-9-15)21-22-19(23)25-14-18(24)20-16-10-6-3-7-11-16/h2,4-5,8-9,16H,3,6-7,10-14H2,1H3,(H,20,24). The van der Waals surface area contributed by atoms with E-state index < -0.39 is 0 Å². The Morgan fingerprint density at radius 1 is 1.16 bits per heavy atom. The second-order valence-electron chi connectivity index (χ2n) is 6.63. The number of nitrogens with one attached hydrogen (secondary N) is 1. The summed E-state index contributed by atoms with van der Waals surface area (Å²) in [5.41, 5.74) is 1.30. The van der Waals surface area contributed by atoms with E-state index >= 15 is 0 Å². The van der Waals surface area contributed by atoms with Crippen LogP contribution in [0.4, 0.5) is 0 Å². The zero-order chi connectivity index (χ0) is 17.5. The van der Waals surface area contributed by atoms with Gasteiger partial charge in [-0.3, -0.25) is 4.79 Å². The molecule has 0 bridgehead atoms. The number of hydrogen-bond donors (Lipinski definition) is 1. The minimum atomic E-state index is 0.103. The minimum Gasteiger partial charge on any atom is -0.353 e. The predicted molar refractivity (Wildman–Crippen MR) is 101 cm³/mol. The van der Waals surface area contributed by atoms with E-state index in [1.54, 1.807) is 0 Å². The van der Waals surface area contributed by atoms with Gasteiger partial charge >= 0.3 is 0 Å². The van der Waals surface area contributed by atoms with Gasteiger partial charge in [0.05, 0.1) is 5.75 Å². The van der Waals surface area contributed by atoms with Crippen molar-refractivity contribution >= 4 is 17.7 Å². The normalized spacial score (nSPS) is 15.2. The minimum absolute atomic E-state index is 0.103. The molecule has 1 saturated carbocycles. The summed E-state index contributed by atoms with van der Waals surface area (Å²) >= 11 is 1.46. The van der Waals surface area contributed by atoms with Crippen molar-refractivity contribution in [1.82, 2.24) is 20.1 Å². The fourth-order valence-electron chi connectivity index (χ4n) is 3.24. The summed E-state index contributed by atoms with van der Waals surface area (Å²) in [7, 11) is 1.97. The average molecular weight is 359 g/mol. The van der Waals surface area contributed by atoms with Crippen LogP contribution in [0.25, 0.3) is 0 Å². The van der Waals surface area contributed by atoms with Crippen molar-refractivity contribution in [3.05, 3.63) is 41.7 Å². The van der Waals surface area contributed by atoms with E-state index in [4.69, 9.17) is 0 Å². The molecule has 1 fully saturated rings. The summed E-state index contributed by atoms with van der Waals surface area (Å²) in [4.78, 5) is 12.1. The third kappa shape index (κ3) is 5.33.